The standard InChI is InChI=1S/C14H22O2.C2H6/c1-11(2)12-5-7-13(8-6-12)14(3,4)16-10-9-15;1-2/h5-8,11,15H,9-10H2,1-4H3;1-2H3. The second-order valence-electron chi connectivity index (χ2n) is 4.86. The quantitative estimate of drug-likeness (QED) is 0.855. The molecule has 0 aromatic heterocycles. The van der Waals surface area contributed by atoms with Crippen LogP contribution < -0.4 is 0 Å². The lowest BCUT2D eigenvalue weighted by Crippen LogP contribution is -2.23. The number of rotatable bonds is 5. The highest BCUT2D eigenvalue weighted by atomic mass is 16.5. The Morgan fingerprint density at radius 2 is 1.61 bits per heavy atom. The summed E-state index contributed by atoms with van der Waals surface area (Å²) >= 11 is 0. The molecule has 0 saturated heterocycles. The van der Waals surface area contributed by atoms with E-state index in [0.29, 0.717) is 12.5 Å². The Hall–Kier alpha value is -0.860. The molecule has 0 bridgehead atoms. The fourth-order valence-electron chi connectivity index (χ4n) is 1.65. The molecule has 0 radical (unpaired) electrons. The van der Waals surface area contributed by atoms with Gasteiger partial charge in [0.05, 0.1) is 18.8 Å². The highest BCUT2D eigenvalue weighted by Gasteiger charge is 2.20. The fraction of sp³-hybridized carbons (Fsp3) is 0.625. The molecule has 0 aliphatic rings. The number of hydrogen-bond donors (Lipinski definition) is 1. The van der Waals surface area contributed by atoms with Crippen molar-refractivity contribution in [2.24, 2.45) is 0 Å². The van der Waals surface area contributed by atoms with Crippen LogP contribution in [-0.2, 0) is 10.3 Å². The third-order valence-corrected chi connectivity index (χ3v) is 2.83. The Kier molecular flexibility index (Phi) is 7.88. The number of hydrogen-bond acceptors (Lipinski definition) is 2. The predicted octanol–water partition coefficient (Wildman–Crippen LogP) is 4.08. The van der Waals surface area contributed by atoms with Crippen molar-refractivity contribution >= 4 is 0 Å². The minimum absolute atomic E-state index is 0.0630. The largest absolute Gasteiger partial charge is 0.394 e. The molecule has 0 unspecified atom stereocenters. The van der Waals surface area contributed by atoms with E-state index in [2.05, 4.69) is 38.1 Å². The first-order valence-electron chi connectivity index (χ1n) is 6.82. The molecule has 1 aromatic carbocycles. The average molecular weight is 252 g/mol. The summed E-state index contributed by atoms with van der Waals surface area (Å²) in [6, 6.07) is 8.49. The first-order valence-corrected chi connectivity index (χ1v) is 6.82. The van der Waals surface area contributed by atoms with Gasteiger partial charge in [0, 0.05) is 0 Å². The van der Waals surface area contributed by atoms with Crippen LogP contribution in [0, 0.1) is 0 Å². The molecule has 1 aromatic rings. The van der Waals surface area contributed by atoms with Crippen LogP contribution in [0.5, 0.6) is 0 Å². The molecule has 104 valence electrons. The van der Waals surface area contributed by atoms with E-state index in [9.17, 15) is 0 Å². The molecule has 18 heavy (non-hydrogen) atoms. The van der Waals surface area contributed by atoms with Gasteiger partial charge >= 0.3 is 0 Å². The van der Waals surface area contributed by atoms with Crippen molar-refractivity contribution in [3.05, 3.63) is 35.4 Å². The molecule has 1 N–H and O–H groups in total. The summed E-state index contributed by atoms with van der Waals surface area (Å²) < 4.78 is 5.62. The first-order chi connectivity index (χ1) is 8.47. The molecule has 0 spiro atoms. The summed E-state index contributed by atoms with van der Waals surface area (Å²) in [6.45, 7) is 12.8. The lowest BCUT2D eigenvalue weighted by molar-refractivity contribution is -0.0369. The van der Waals surface area contributed by atoms with Gasteiger partial charge in [-0.2, -0.15) is 0 Å². The zero-order chi connectivity index (χ0) is 14.2. The van der Waals surface area contributed by atoms with E-state index in [1.165, 1.54) is 5.56 Å². The lowest BCUT2D eigenvalue weighted by Gasteiger charge is -2.26. The van der Waals surface area contributed by atoms with E-state index in [4.69, 9.17) is 9.84 Å². The Balaban J connectivity index is 0.00000137. The second-order valence-corrected chi connectivity index (χ2v) is 4.86. The average Bonchev–Trinajstić information content (AvgIpc) is 2.39. The summed E-state index contributed by atoms with van der Waals surface area (Å²) in [4.78, 5) is 0. The summed E-state index contributed by atoms with van der Waals surface area (Å²) in [5.74, 6) is 0.551. The van der Waals surface area contributed by atoms with Gasteiger partial charge in [-0.25, -0.2) is 0 Å². The molecule has 0 saturated carbocycles. The highest BCUT2D eigenvalue weighted by Crippen LogP contribution is 2.26. The molecule has 0 aliphatic carbocycles. The Morgan fingerprint density at radius 1 is 1.11 bits per heavy atom. The van der Waals surface area contributed by atoms with Crippen LogP contribution >= 0.6 is 0 Å². The molecule has 0 heterocycles. The molecule has 0 amide bonds. The van der Waals surface area contributed by atoms with Crippen LogP contribution in [0.4, 0.5) is 0 Å². The van der Waals surface area contributed by atoms with Crippen LogP contribution in [-0.4, -0.2) is 18.3 Å². The van der Waals surface area contributed by atoms with Crippen molar-refractivity contribution in [2.75, 3.05) is 13.2 Å². The van der Waals surface area contributed by atoms with Gasteiger partial charge in [-0.15, -0.1) is 0 Å². The monoisotopic (exact) mass is 252 g/mol. The van der Waals surface area contributed by atoms with E-state index >= 15 is 0 Å². The fourth-order valence-corrected chi connectivity index (χ4v) is 1.65. The van der Waals surface area contributed by atoms with Crippen LogP contribution in [0.2, 0.25) is 0 Å². The molecule has 1 rings (SSSR count). The van der Waals surface area contributed by atoms with E-state index in [1.54, 1.807) is 0 Å². The van der Waals surface area contributed by atoms with Crippen molar-refractivity contribution in [1.29, 1.82) is 0 Å². The first kappa shape index (κ1) is 17.1. The molecular formula is C16H28O2. The summed E-state index contributed by atoms with van der Waals surface area (Å²) in [7, 11) is 0. The SMILES string of the molecule is CC.CC(C)c1ccc(C(C)(C)OCCO)cc1. The maximum Gasteiger partial charge on any atom is 0.0876 e. The van der Waals surface area contributed by atoms with E-state index in [0.717, 1.165) is 5.56 Å². The lowest BCUT2D eigenvalue weighted by atomic mass is 9.94. The van der Waals surface area contributed by atoms with Gasteiger partial charge in [-0.1, -0.05) is 52.0 Å². The maximum absolute atomic E-state index is 8.77. The summed E-state index contributed by atoms with van der Waals surface area (Å²) in [5.41, 5.74) is 2.14. The van der Waals surface area contributed by atoms with Gasteiger partial charge in [0.25, 0.3) is 0 Å². The molecular weight excluding hydrogens is 224 g/mol. The minimum atomic E-state index is -0.335. The normalized spacial score (nSPS) is 11.1. The number of benzene rings is 1. The van der Waals surface area contributed by atoms with E-state index in [-0.39, 0.29) is 12.2 Å². The topological polar surface area (TPSA) is 29.5 Å². The highest BCUT2D eigenvalue weighted by molar-refractivity contribution is 5.28. The zero-order valence-electron chi connectivity index (χ0n) is 12.7. The van der Waals surface area contributed by atoms with Crippen LogP contribution in [0.25, 0.3) is 0 Å². The van der Waals surface area contributed by atoms with Crippen LogP contribution in [0.1, 0.15) is 58.6 Å². The third-order valence-electron chi connectivity index (χ3n) is 2.83. The zero-order valence-corrected chi connectivity index (χ0v) is 12.7. The van der Waals surface area contributed by atoms with Crippen LogP contribution in [0.3, 0.4) is 0 Å². The van der Waals surface area contributed by atoms with Gasteiger partial charge in [0.2, 0.25) is 0 Å². The molecule has 0 fully saturated rings. The van der Waals surface area contributed by atoms with Gasteiger partial charge in [-0.3, -0.25) is 0 Å². The van der Waals surface area contributed by atoms with Crippen molar-refractivity contribution in [3.8, 4) is 0 Å². The maximum atomic E-state index is 8.77. The summed E-state index contributed by atoms with van der Waals surface area (Å²) in [6.07, 6.45) is 0. The second kappa shape index (κ2) is 8.28. The van der Waals surface area contributed by atoms with Gasteiger partial charge < -0.3 is 9.84 Å². The van der Waals surface area contributed by atoms with Crippen molar-refractivity contribution < 1.29 is 9.84 Å². The molecule has 0 atom stereocenters. The number of ether oxygens (including phenoxy) is 1. The molecule has 2 nitrogen and oxygen atoms in total. The Labute approximate surface area is 112 Å². The van der Waals surface area contributed by atoms with Crippen molar-refractivity contribution in [3.63, 3.8) is 0 Å². The summed E-state index contributed by atoms with van der Waals surface area (Å²) in [5, 5.41) is 8.77. The number of aliphatic hydroxyl groups excluding tert-OH is 1. The molecule has 0 aliphatic heterocycles. The third kappa shape index (κ3) is 5.19. The van der Waals surface area contributed by atoms with E-state index < -0.39 is 0 Å². The smallest absolute Gasteiger partial charge is 0.0876 e. The molecule has 2 heteroatoms. The van der Waals surface area contributed by atoms with Crippen molar-refractivity contribution in [2.45, 2.75) is 53.1 Å². The van der Waals surface area contributed by atoms with Crippen LogP contribution in [0.15, 0.2) is 24.3 Å². The Bertz CT molecular complexity index is 312. The Morgan fingerprint density at radius 3 is 2.00 bits per heavy atom. The number of aliphatic hydroxyl groups is 1. The minimum Gasteiger partial charge on any atom is -0.394 e. The van der Waals surface area contributed by atoms with E-state index in [1.807, 2.05) is 27.7 Å². The predicted molar refractivity (Wildman–Crippen MR) is 77.9 cm³/mol. The van der Waals surface area contributed by atoms with Gasteiger partial charge in [-0.05, 0) is 30.9 Å². The van der Waals surface area contributed by atoms with Gasteiger partial charge in [0.1, 0.15) is 0 Å². The van der Waals surface area contributed by atoms with Crippen molar-refractivity contribution in [1.82, 2.24) is 0 Å². The van der Waals surface area contributed by atoms with Gasteiger partial charge in [0.15, 0.2) is 0 Å².